The molecule has 0 saturated carbocycles. The van der Waals surface area contributed by atoms with Crippen LogP contribution in [0.1, 0.15) is 23.6 Å². The minimum atomic E-state index is -0.177. The van der Waals surface area contributed by atoms with Crippen molar-refractivity contribution < 1.29 is 19.2 Å². The second-order valence-electron chi connectivity index (χ2n) is 7.71. The molecular weight excluding hydrogens is 388 g/mol. The normalized spacial score (nSPS) is 12.6. The molecule has 2 N–H and O–H groups in total. The van der Waals surface area contributed by atoms with Crippen molar-refractivity contribution in [2.24, 2.45) is 0 Å². The van der Waals surface area contributed by atoms with Crippen LogP contribution in [0.15, 0.2) is 78.9 Å². The van der Waals surface area contributed by atoms with E-state index in [2.05, 4.69) is 5.32 Å². The number of hydrogen-bond donors (Lipinski definition) is 2. The number of nitrogens with one attached hydrogen (secondary N) is 2. The van der Waals surface area contributed by atoms with Crippen LogP contribution < -0.4 is 19.7 Å². The van der Waals surface area contributed by atoms with Gasteiger partial charge in [-0.2, -0.15) is 0 Å². The van der Waals surface area contributed by atoms with Crippen LogP contribution in [-0.4, -0.2) is 26.1 Å². The highest BCUT2D eigenvalue weighted by molar-refractivity contribution is 5.79. The summed E-state index contributed by atoms with van der Waals surface area (Å²) >= 11 is 0. The van der Waals surface area contributed by atoms with Crippen molar-refractivity contribution >= 4 is 5.91 Å². The Morgan fingerprint density at radius 2 is 1.55 bits per heavy atom. The van der Waals surface area contributed by atoms with Crippen LogP contribution in [0.25, 0.3) is 0 Å². The first-order chi connectivity index (χ1) is 15.1. The van der Waals surface area contributed by atoms with Crippen LogP contribution in [0.3, 0.4) is 0 Å². The molecule has 0 aliphatic heterocycles. The van der Waals surface area contributed by atoms with Crippen molar-refractivity contribution in [3.63, 3.8) is 0 Å². The third-order valence-electron chi connectivity index (χ3n) is 5.39. The average molecular weight is 420 g/mol. The zero-order valence-electron chi connectivity index (χ0n) is 18.4. The maximum atomic E-state index is 12.6. The Balaban J connectivity index is 1.55. The average Bonchev–Trinajstić information content (AvgIpc) is 2.82. The maximum absolute atomic E-state index is 12.6. The standard InChI is InChI=1S/C26H30N2O3/c1-20(26(29)27-17-21-10-6-4-7-11-21)28(2)18-23-14-15-24(25(16-23)30-3)31-19-22-12-8-5-9-13-22/h4-16,20H,17-19H2,1-3H3,(H,27,29)/p+1/t20-/m0/s1. The van der Waals surface area contributed by atoms with E-state index >= 15 is 0 Å². The quantitative estimate of drug-likeness (QED) is 0.531. The lowest BCUT2D eigenvalue weighted by Crippen LogP contribution is -3.12. The minimum Gasteiger partial charge on any atom is -0.493 e. The van der Waals surface area contributed by atoms with Gasteiger partial charge >= 0.3 is 0 Å². The first kappa shape index (κ1) is 22.4. The highest BCUT2D eigenvalue weighted by atomic mass is 16.5. The largest absolute Gasteiger partial charge is 0.493 e. The Morgan fingerprint density at radius 3 is 2.19 bits per heavy atom. The van der Waals surface area contributed by atoms with Crippen molar-refractivity contribution in [3.05, 3.63) is 95.6 Å². The molecule has 162 valence electrons. The molecule has 0 saturated heterocycles. The van der Waals surface area contributed by atoms with Gasteiger partial charge in [-0.15, -0.1) is 0 Å². The summed E-state index contributed by atoms with van der Waals surface area (Å²) in [6.45, 7) is 3.68. The zero-order chi connectivity index (χ0) is 22.1. The topological polar surface area (TPSA) is 52.0 Å². The molecule has 5 nitrogen and oxygen atoms in total. The van der Waals surface area contributed by atoms with Crippen LogP contribution in [0.5, 0.6) is 11.5 Å². The monoisotopic (exact) mass is 419 g/mol. The summed E-state index contributed by atoms with van der Waals surface area (Å²) in [5.41, 5.74) is 3.29. The molecule has 0 aromatic heterocycles. The molecule has 0 bridgehead atoms. The number of quaternary nitrogens is 1. The summed E-state index contributed by atoms with van der Waals surface area (Å²) in [5.74, 6) is 1.44. The SMILES string of the molecule is COc1cc(C[NH+](C)[C@@H](C)C(=O)NCc2ccccc2)ccc1OCc1ccccc1. The van der Waals surface area contributed by atoms with Gasteiger partial charge in [0.1, 0.15) is 13.2 Å². The van der Waals surface area contributed by atoms with Gasteiger partial charge in [-0.25, -0.2) is 0 Å². The van der Waals surface area contributed by atoms with Crippen molar-refractivity contribution in [2.45, 2.75) is 32.7 Å². The minimum absolute atomic E-state index is 0.0381. The third kappa shape index (κ3) is 6.59. The lowest BCUT2D eigenvalue weighted by atomic mass is 10.1. The molecule has 0 fully saturated rings. The Kier molecular flexibility index (Phi) is 8.07. The zero-order valence-corrected chi connectivity index (χ0v) is 18.4. The van der Waals surface area contributed by atoms with Crippen LogP contribution in [0.4, 0.5) is 0 Å². The summed E-state index contributed by atoms with van der Waals surface area (Å²) < 4.78 is 11.5. The Labute approximate surface area is 184 Å². The Bertz CT molecular complexity index is 961. The fourth-order valence-electron chi connectivity index (χ4n) is 3.31. The highest BCUT2D eigenvalue weighted by Crippen LogP contribution is 2.28. The van der Waals surface area contributed by atoms with Crippen molar-refractivity contribution in [1.29, 1.82) is 0 Å². The Hall–Kier alpha value is -3.31. The van der Waals surface area contributed by atoms with E-state index in [0.29, 0.717) is 31.2 Å². The second-order valence-corrected chi connectivity index (χ2v) is 7.71. The van der Waals surface area contributed by atoms with E-state index in [-0.39, 0.29) is 11.9 Å². The molecule has 5 heteroatoms. The third-order valence-corrected chi connectivity index (χ3v) is 5.39. The number of benzene rings is 3. The fraction of sp³-hybridized carbons (Fsp3) is 0.269. The van der Waals surface area contributed by atoms with Gasteiger partial charge in [0.15, 0.2) is 17.5 Å². The molecule has 1 amide bonds. The number of likely N-dealkylation sites (N-methyl/N-ethyl adjacent to an activating group) is 1. The van der Waals surface area contributed by atoms with E-state index in [1.165, 1.54) is 0 Å². The van der Waals surface area contributed by atoms with E-state index in [9.17, 15) is 4.79 Å². The first-order valence-electron chi connectivity index (χ1n) is 10.5. The summed E-state index contributed by atoms with van der Waals surface area (Å²) in [5, 5.41) is 3.02. The van der Waals surface area contributed by atoms with Crippen molar-refractivity contribution in [1.82, 2.24) is 5.32 Å². The molecule has 3 aromatic carbocycles. The highest BCUT2D eigenvalue weighted by Gasteiger charge is 2.22. The van der Waals surface area contributed by atoms with Gasteiger partial charge in [0, 0.05) is 12.1 Å². The summed E-state index contributed by atoms with van der Waals surface area (Å²) in [7, 11) is 3.67. The van der Waals surface area contributed by atoms with E-state index in [4.69, 9.17) is 9.47 Å². The number of ether oxygens (including phenoxy) is 2. The molecule has 0 aliphatic carbocycles. The fourth-order valence-corrected chi connectivity index (χ4v) is 3.31. The van der Waals surface area contributed by atoms with Crippen LogP contribution >= 0.6 is 0 Å². The van der Waals surface area contributed by atoms with E-state index in [1.54, 1.807) is 7.11 Å². The molecule has 0 radical (unpaired) electrons. The molecule has 0 heterocycles. The van der Waals surface area contributed by atoms with Crippen molar-refractivity contribution in [2.75, 3.05) is 14.2 Å². The molecule has 2 atom stereocenters. The van der Waals surface area contributed by atoms with Crippen LogP contribution in [0.2, 0.25) is 0 Å². The Morgan fingerprint density at radius 1 is 0.903 bits per heavy atom. The molecule has 1 unspecified atom stereocenters. The first-order valence-corrected chi connectivity index (χ1v) is 10.5. The second kappa shape index (κ2) is 11.2. The van der Waals surface area contributed by atoms with Crippen LogP contribution in [-0.2, 0) is 24.5 Å². The van der Waals surface area contributed by atoms with Gasteiger partial charge in [-0.1, -0.05) is 60.7 Å². The number of rotatable bonds is 10. The number of methoxy groups -OCH3 is 1. The van der Waals surface area contributed by atoms with Gasteiger partial charge < -0.3 is 19.7 Å². The number of carbonyl (C=O) groups is 1. The maximum Gasteiger partial charge on any atom is 0.278 e. The summed E-state index contributed by atoms with van der Waals surface area (Å²) in [6.07, 6.45) is 0. The molecule has 0 aliphatic rings. The number of carbonyl (C=O) groups excluding carboxylic acids is 1. The van der Waals surface area contributed by atoms with Crippen molar-refractivity contribution in [3.8, 4) is 11.5 Å². The van der Waals surface area contributed by atoms with Crippen LogP contribution in [0, 0.1) is 0 Å². The van der Waals surface area contributed by atoms with Gasteiger partial charge in [0.2, 0.25) is 0 Å². The molecule has 0 spiro atoms. The number of hydrogen-bond acceptors (Lipinski definition) is 3. The molecule has 3 rings (SSSR count). The van der Waals surface area contributed by atoms with Gasteiger partial charge in [-0.05, 0) is 36.2 Å². The van der Waals surface area contributed by atoms with E-state index < -0.39 is 0 Å². The smallest absolute Gasteiger partial charge is 0.278 e. The number of amides is 1. The molecule has 31 heavy (non-hydrogen) atoms. The van der Waals surface area contributed by atoms with Gasteiger partial charge in [-0.3, -0.25) is 4.79 Å². The lowest BCUT2D eigenvalue weighted by molar-refractivity contribution is -0.908. The molecular formula is C26H31N2O3+. The molecule has 3 aromatic rings. The summed E-state index contributed by atoms with van der Waals surface area (Å²) in [6, 6.07) is 25.7. The van der Waals surface area contributed by atoms with Gasteiger partial charge in [0.05, 0.1) is 14.2 Å². The van der Waals surface area contributed by atoms with Gasteiger partial charge in [0.25, 0.3) is 5.91 Å². The summed E-state index contributed by atoms with van der Waals surface area (Å²) in [4.78, 5) is 13.7. The predicted octanol–water partition coefficient (Wildman–Crippen LogP) is 2.99. The van der Waals surface area contributed by atoms with E-state index in [1.807, 2.05) is 92.8 Å². The predicted molar refractivity (Wildman–Crippen MR) is 122 cm³/mol. The lowest BCUT2D eigenvalue weighted by Gasteiger charge is -2.22. The van der Waals surface area contributed by atoms with E-state index in [0.717, 1.165) is 21.6 Å².